The summed E-state index contributed by atoms with van der Waals surface area (Å²) in [6.45, 7) is 35.7. The molecular weight excluding hydrogens is 622 g/mol. The summed E-state index contributed by atoms with van der Waals surface area (Å²) in [5.41, 5.74) is 3.42. The van der Waals surface area contributed by atoms with Crippen LogP contribution < -0.4 is 0 Å². The third kappa shape index (κ3) is 9.67. The molecule has 3 aliphatic carbocycles. The van der Waals surface area contributed by atoms with Crippen molar-refractivity contribution < 1.29 is 35.6 Å². The standard InChI is InChI=1S/C26H40Si.C6H18NSi2.La/c1-16(2)22-14-13-17(3)15-24(22)23-11-10-12-25(23)27(8,9)26-20(6)18(4)19(5)21(26)7;1-8(2,3)7-9(4,5)6;/h10-12,16-17,22,24H,13-15H2,1-9H3;1-6H3;/q;-1;+3/t17-,22+,24+;;/m1../s1. The second-order valence-corrected chi connectivity index (χ2v) is 28.6. The molecule has 0 aromatic rings. The maximum atomic E-state index is 4.82. The summed E-state index contributed by atoms with van der Waals surface area (Å²) in [6.07, 6.45) is 11.5. The second kappa shape index (κ2) is 14.3. The fraction of sp³-hybridized carbons (Fsp3) is 0.688. The molecule has 3 rings (SSSR count). The molecule has 0 unspecified atom stereocenters. The SMILES string of the molecule is C[C]1[C](C)[C](C)[C]([Si](C)(C)[C]2[CH][CH][CH][C]2[C@H]2C[C@H](C)CC[C@H]2C(C)C)[C]1C.C[Si](C)(C)[N-][Si](C)(C)C.[La+3]. The third-order valence-corrected chi connectivity index (χ3v) is 17.8. The van der Waals surface area contributed by atoms with Gasteiger partial charge in [-0.25, -0.2) is 0 Å². The van der Waals surface area contributed by atoms with Crippen LogP contribution in [-0.2, 0) is 0 Å². The van der Waals surface area contributed by atoms with Gasteiger partial charge >= 0.3 is 35.6 Å². The monoisotopic (exact) mass is 679 g/mol. The van der Waals surface area contributed by atoms with Crippen molar-refractivity contribution in [1.29, 1.82) is 0 Å². The maximum absolute atomic E-state index is 4.82. The van der Waals surface area contributed by atoms with E-state index in [2.05, 4.69) is 120 Å². The summed E-state index contributed by atoms with van der Waals surface area (Å²) in [4.78, 5) is 0. The number of nitrogens with zero attached hydrogens (tertiary/aromatic N) is 1. The van der Waals surface area contributed by atoms with E-state index in [1.165, 1.54) is 31.1 Å². The van der Waals surface area contributed by atoms with Gasteiger partial charge in [0.2, 0.25) is 0 Å². The normalized spacial score (nSPS) is 29.0. The van der Waals surface area contributed by atoms with E-state index in [0.29, 0.717) is 0 Å². The molecule has 3 saturated carbocycles. The molecule has 204 valence electrons. The van der Waals surface area contributed by atoms with Gasteiger partial charge in [0.05, 0.1) is 8.07 Å². The van der Waals surface area contributed by atoms with Gasteiger partial charge in [0.25, 0.3) is 0 Å². The Morgan fingerprint density at radius 2 is 1.24 bits per heavy atom. The van der Waals surface area contributed by atoms with Crippen molar-refractivity contribution in [2.24, 2.45) is 23.7 Å². The fourth-order valence-corrected chi connectivity index (χ4v) is 19.3. The Morgan fingerprint density at radius 3 is 1.65 bits per heavy atom. The van der Waals surface area contributed by atoms with E-state index in [-0.39, 0.29) is 35.6 Å². The summed E-state index contributed by atoms with van der Waals surface area (Å²) in [7, 11) is -3.93. The molecule has 0 saturated heterocycles. The van der Waals surface area contributed by atoms with Crippen molar-refractivity contribution in [3.8, 4) is 0 Å². The molecule has 0 aromatic heterocycles. The smallest absolute Gasteiger partial charge is 0.668 e. The zero-order valence-corrected chi connectivity index (χ0v) is 33.8. The summed E-state index contributed by atoms with van der Waals surface area (Å²) in [5.74, 6) is 11.1. The first-order chi connectivity index (χ1) is 16.3. The fourth-order valence-electron chi connectivity index (χ4n) is 7.18. The molecule has 3 fully saturated rings. The minimum absolute atomic E-state index is 0. The second-order valence-electron chi connectivity index (χ2n) is 14.8. The summed E-state index contributed by atoms with van der Waals surface area (Å²) in [6, 6.07) is 0. The van der Waals surface area contributed by atoms with Crippen LogP contribution in [0.5, 0.6) is 0 Å². The van der Waals surface area contributed by atoms with Crippen LogP contribution in [0.25, 0.3) is 4.65 Å². The molecule has 37 heavy (non-hydrogen) atoms. The molecule has 0 amide bonds. The quantitative estimate of drug-likeness (QED) is 0.248. The van der Waals surface area contributed by atoms with E-state index in [1.807, 2.05) is 0 Å². The van der Waals surface area contributed by atoms with Crippen LogP contribution in [0.4, 0.5) is 0 Å². The number of rotatable bonds is 6. The van der Waals surface area contributed by atoms with Crippen LogP contribution in [0.1, 0.15) is 67.7 Å². The van der Waals surface area contributed by atoms with Crippen molar-refractivity contribution in [2.75, 3.05) is 0 Å². The van der Waals surface area contributed by atoms with Gasteiger partial charge in [-0.15, -0.1) is 0 Å². The third-order valence-electron chi connectivity index (χ3n) is 8.68. The minimum Gasteiger partial charge on any atom is -0.668 e. The van der Waals surface area contributed by atoms with E-state index in [1.54, 1.807) is 28.8 Å². The number of hydrogen-bond donors (Lipinski definition) is 0. The molecule has 0 aromatic carbocycles. The van der Waals surface area contributed by atoms with Gasteiger partial charge in [-0.2, -0.15) is 0 Å². The van der Waals surface area contributed by atoms with Crippen LogP contribution in [0.3, 0.4) is 0 Å². The topological polar surface area (TPSA) is 14.1 Å². The van der Waals surface area contributed by atoms with E-state index < -0.39 is 24.5 Å². The van der Waals surface area contributed by atoms with Gasteiger partial charge < -0.3 is 4.65 Å². The average Bonchev–Trinajstić information content (AvgIpc) is 3.26. The zero-order valence-electron chi connectivity index (χ0n) is 27.2. The predicted octanol–water partition coefficient (Wildman–Crippen LogP) is 10.3. The first kappa shape index (κ1) is 36.8. The Labute approximate surface area is 266 Å². The molecule has 5 heteroatoms. The van der Waals surface area contributed by atoms with E-state index >= 15 is 0 Å². The molecule has 0 bridgehead atoms. The van der Waals surface area contributed by atoms with Gasteiger partial charge in [-0.05, 0) is 96.4 Å². The van der Waals surface area contributed by atoms with Crippen LogP contribution in [-0.4, -0.2) is 24.5 Å². The Kier molecular flexibility index (Phi) is 14.3. The molecule has 10 radical (unpaired) electrons. The molecule has 1 nitrogen and oxygen atoms in total. The van der Waals surface area contributed by atoms with Crippen molar-refractivity contribution in [2.45, 2.75) is 120 Å². The predicted molar refractivity (Wildman–Crippen MR) is 171 cm³/mol. The minimum atomic E-state index is -1.72. The van der Waals surface area contributed by atoms with E-state index in [0.717, 1.165) is 23.7 Å². The average molecular weight is 680 g/mol. The maximum Gasteiger partial charge on any atom is 3.00 e. The van der Waals surface area contributed by atoms with E-state index in [4.69, 9.17) is 4.65 Å². The van der Waals surface area contributed by atoms with Crippen molar-refractivity contribution in [3.05, 3.63) is 64.6 Å². The van der Waals surface area contributed by atoms with Gasteiger partial charge in [-0.1, -0.05) is 124 Å². The Morgan fingerprint density at radius 1 is 0.757 bits per heavy atom. The number of hydrogen-bond acceptors (Lipinski definition) is 0. The van der Waals surface area contributed by atoms with Gasteiger partial charge in [0, 0.05) is 0 Å². The largest absolute Gasteiger partial charge is 3.00 e. The Balaban J connectivity index is 0.000000589. The van der Waals surface area contributed by atoms with E-state index in [9.17, 15) is 0 Å². The summed E-state index contributed by atoms with van der Waals surface area (Å²) < 4.78 is 4.82. The van der Waals surface area contributed by atoms with Crippen molar-refractivity contribution >= 4 is 24.5 Å². The zero-order chi connectivity index (χ0) is 27.8. The molecule has 3 aliphatic rings. The molecule has 0 spiro atoms. The molecule has 0 aliphatic heterocycles. The molecule has 0 heterocycles. The molecular formula is C32H58LaNSi3+2. The summed E-state index contributed by atoms with van der Waals surface area (Å²) in [5, 5.41) is 0. The first-order valence-electron chi connectivity index (χ1n) is 14.5. The molecule has 0 N–H and O–H groups in total. The molecule has 3 atom stereocenters. The van der Waals surface area contributed by atoms with Crippen LogP contribution in [0.2, 0.25) is 52.4 Å². The van der Waals surface area contributed by atoms with Gasteiger partial charge in [-0.3, -0.25) is 0 Å². The summed E-state index contributed by atoms with van der Waals surface area (Å²) >= 11 is 0. The Bertz CT molecular complexity index is 657. The first-order valence-corrected chi connectivity index (χ1v) is 24.4. The van der Waals surface area contributed by atoms with Gasteiger partial charge in [0.15, 0.2) is 0 Å². The van der Waals surface area contributed by atoms with Gasteiger partial charge in [0.1, 0.15) is 0 Å². The van der Waals surface area contributed by atoms with Crippen LogP contribution in [0.15, 0.2) is 0 Å². The van der Waals surface area contributed by atoms with Crippen LogP contribution in [0, 0.1) is 119 Å². The van der Waals surface area contributed by atoms with Crippen molar-refractivity contribution in [3.63, 3.8) is 0 Å². The van der Waals surface area contributed by atoms with Crippen molar-refractivity contribution in [1.82, 2.24) is 0 Å². The van der Waals surface area contributed by atoms with Crippen LogP contribution >= 0.6 is 0 Å². The Hall–Kier alpha value is 1.81.